The molecule has 0 unspecified atom stereocenters. The monoisotopic (exact) mass is 492 g/mol. The lowest BCUT2D eigenvalue weighted by Crippen LogP contribution is -2.03. The van der Waals surface area contributed by atoms with Gasteiger partial charge in [0.25, 0.3) is 0 Å². The van der Waals surface area contributed by atoms with Crippen LogP contribution in [0.5, 0.6) is 17.2 Å². The van der Waals surface area contributed by atoms with Crippen molar-refractivity contribution >= 4 is 22.9 Å². The van der Waals surface area contributed by atoms with Gasteiger partial charge in [0.15, 0.2) is 28.1 Å². The Morgan fingerprint density at radius 3 is 2.31 bits per heavy atom. The van der Waals surface area contributed by atoms with E-state index in [0.29, 0.717) is 56.7 Å². The fraction of sp³-hybridized carbons (Fsp3) is 0.160. The summed E-state index contributed by atoms with van der Waals surface area (Å²) in [5.74, 6) is 2.27. The van der Waals surface area contributed by atoms with Crippen molar-refractivity contribution in [2.45, 2.75) is 10.9 Å². The molecule has 0 radical (unpaired) electrons. The van der Waals surface area contributed by atoms with E-state index in [1.807, 2.05) is 24.3 Å². The van der Waals surface area contributed by atoms with Crippen LogP contribution in [0.1, 0.15) is 5.89 Å². The smallest absolute Gasteiger partial charge is 0.205 e. The molecule has 0 saturated carbocycles. The van der Waals surface area contributed by atoms with Gasteiger partial charge in [-0.15, -0.1) is 10.2 Å². The van der Waals surface area contributed by atoms with E-state index in [1.54, 1.807) is 34.9 Å². The topological polar surface area (TPSA) is 84.4 Å². The summed E-state index contributed by atoms with van der Waals surface area (Å²) in [5.41, 5.74) is 2.40. The van der Waals surface area contributed by atoms with Crippen molar-refractivity contribution in [3.8, 4) is 34.3 Å². The molecule has 0 amide bonds. The van der Waals surface area contributed by atoms with Crippen molar-refractivity contribution in [3.05, 3.63) is 72.4 Å². The lowest BCUT2D eigenvalue weighted by atomic mass is 10.1. The molecule has 0 spiro atoms. The second kappa shape index (κ2) is 9.67. The Balaban J connectivity index is 1.59. The number of benzene rings is 3. The Morgan fingerprint density at radius 2 is 1.63 bits per heavy atom. The highest BCUT2D eigenvalue weighted by Crippen LogP contribution is 2.42. The van der Waals surface area contributed by atoms with Gasteiger partial charge in [-0.1, -0.05) is 36.0 Å². The van der Waals surface area contributed by atoms with Gasteiger partial charge in [-0.3, -0.25) is 4.57 Å². The van der Waals surface area contributed by atoms with Crippen molar-refractivity contribution in [1.82, 2.24) is 19.7 Å². The number of nitrogens with zero attached hydrogens (tertiary/aromatic N) is 4. The van der Waals surface area contributed by atoms with Gasteiger partial charge in [0, 0.05) is 5.56 Å². The summed E-state index contributed by atoms with van der Waals surface area (Å²) in [4.78, 5) is 4.51. The Kier molecular flexibility index (Phi) is 6.28. The highest BCUT2D eigenvalue weighted by atomic mass is 32.2. The first-order chi connectivity index (χ1) is 17.1. The summed E-state index contributed by atoms with van der Waals surface area (Å²) < 4.78 is 38.8. The minimum Gasteiger partial charge on any atom is -0.493 e. The molecule has 35 heavy (non-hydrogen) atoms. The number of oxazole rings is 1. The standard InChI is InChI=1S/C25H21FN4O4S/c1-31-20-12-15(13-21(32-2)23(20)33-3)24-28-29-25(30(24)18-10-6-4-8-16(18)26)35-14-22-27-17-9-5-7-11-19(17)34-22/h4-13H,14H2,1-3H3. The van der Waals surface area contributed by atoms with Crippen molar-refractivity contribution in [1.29, 1.82) is 0 Å². The van der Waals surface area contributed by atoms with Crippen LogP contribution >= 0.6 is 11.8 Å². The van der Waals surface area contributed by atoms with Crippen LogP contribution in [0.25, 0.3) is 28.2 Å². The number of ether oxygens (including phenoxy) is 3. The van der Waals surface area contributed by atoms with Crippen LogP contribution in [0.3, 0.4) is 0 Å². The molecule has 8 nitrogen and oxygen atoms in total. The molecule has 0 aliphatic heterocycles. The fourth-order valence-corrected chi connectivity index (χ4v) is 4.51. The van der Waals surface area contributed by atoms with Crippen LogP contribution in [0.15, 0.2) is 70.2 Å². The number of rotatable bonds is 8. The zero-order valence-electron chi connectivity index (χ0n) is 19.2. The van der Waals surface area contributed by atoms with E-state index in [2.05, 4.69) is 15.2 Å². The van der Waals surface area contributed by atoms with Crippen LogP contribution in [0, 0.1) is 5.82 Å². The molecule has 178 valence electrons. The maximum atomic E-state index is 15.0. The van der Waals surface area contributed by atoms with E-state index < -0.39 is 5.82 Å². The Labute approximate surface area is 204 Å². The number of fused-ring (bicyclic) bond motifs is 1. The van der Waals surface area contributed by atoms with Crippen LogP contribution < -0.4 is 14.2 Å². The average molecular weight is 493 g/mol. The number of thioether (sulfide) groups is 1. The van der Waals surface area contributed by atoms with E-state index >= 15 is 0 Å². The third-order valence-electron chi connectivity index (χ3n) is 5.31. The molecular formula is C25H21FN4O4S. The summed E-state index contributed by atoms with van der Waals surface area (Å²) in [6.45, 7) is 0. The second-order valence-corrected chi connectivity index (χ2v) is 8.31. The van der Waals surface area contributed by atoms with E-state index in [4.69, 9.17) is 18.6 Å². The normalized spacial score (nSPS) is 11.1. The predicted molar refractivity (Wildman–Crippen MR) is 130 cm³/mol. The first-order valence-electron chi connectivity index (χ1n) is 10.6. The SMILES string of the molecule is COc1cc(-c2nnc(SCc3nc4ccccc4o3)n2-c2ccccc2F)cc(OC)c1OC. The summed E-state index contributed by atoms with van der Waals surface area (Å²) in [7, 11) is 4.59. The minimum absolute atomic E-state index is 0.307. The lowest BCUT2D eigenvalue weighted by Gasteiger charge is -2.15. The molecule has 5 rings (SSSR count). The predicted octanol–water partition coefficient (Wildman–Crippen LogP) is 5.53. The highest BCUT2D eigenvalue weighted by molar-refractivity contribution is 7.98. The van der Waals surface area contributed by atoms with E-state index in [0.717, 1.165) is 5.52 Å². The van der Waals surface area contributed by atoms with E-state index in [1.165, 1.54) is 39.2 Å². The quantitative estimate of drug-likeness (QED) is 0.261. The molecule has 0 N–H and O–H groups in total. The molecule has 0 fully saturated rings. The number of methoxy groups -OCH3 is 3. The van der Waals surface area contributed by atoms with E-state index in [-0.39, 0.29) is 0 Å². The van der Waals surface area contributed by atoms with Crippen molar-refractivity contribution in [2.75, 3.05) is 21.3 Å². The summed E-state index contributed by atoms with van der Waals surface area (Å²) >= 11 is 1.34. The Hall–Kier alpha value is -4.05. The van der Waals surface area contributed by atoms with Gasteiger partial charge in [-0.25, -0.2) is 9.37 Å². The maximum Gasteiger partial charge on any atom is 0.205 e. The fourth-order valence-electron chi connectivity index (χ4n) is 3.72. The molecule has 0 aliphatic rings. The molecule has 2 aromatic heterocycles. The minimum atomic E-state index is -0.412. The van der Waals surface area contributed by atoms with E-state index in [9.17, 15) is 4.39 Å². The summed E-state index contributed by atoms with van der Waals surface area (Å²) in [6, 6.07) is 17.5. The van der Waals surface area contributed by atoms with Gasteiger partial charge >= 0.3 is 0 Å². The molecule has 0 bridgehead atoms. The number of halogens is 1. The van der Waals surface area contributed by atoms with Crippen LogP contribution in [-0.2, 0) is 5.75 Å². The molecule has 3 aromatic carbocycles. The first kappa shape index (κ1) is 22.7. The van der Waals surface area contributed by atoms with Crippen LogP contribution in [0.2, 0.25) is 0 Å². The van der Waals surface area contributed by atoms with Gasteiger partial charge in [-0.2, -0.15) is 0 Å². The Bertz CT molecular complexity index is 1440. The molecule has 0 aliphatic carbocycles. The summed E-state index contributed by atoms with van der Waals surface area (Å²) in [6.07, 6.45) is 0. The zero-order chi connectivity index (χ0) is 24.4. The molecule has 10 heteroatoms. The van der Waals surface area contributed by atoms with Crippen LogP contribution in [-0.4, -0.2) is 41.1 Å². The first-order valence-corrected chi connectivity index (χ1v) is 11.6. The number of aromatic nitrogens is 4. The number of para-hydroxylation sites is 3. The molecule has 5 aromatic rings. The largest absolute Gasteiger partial charge is 0.493 e. The van der Waals surface area contributed by atoms with Gasteiger partial charge in [-0.05, 0) is 36.4 Å². The molecule has 2 heterocycles. The van der Waals surface area contributed by atoms with Crippen LogP contribution in [0.4, 0.5) is 4.39 Å². The molecule has 0 saturated heterocycles. The molecule has 0 atom stereocenters. The third kappa shape index (κ3) is 4.28. The van der Waals surface area contributed by atoms with Gasteiger partial charge < -0.3 is 18.6 Å². The van der Waals surface area contributed by atoms with Gasteiger partial charge in [0.1, 0.15) is 11.3 Å². The zero-order valence-corrected chi connectivity index (χ0v) is 20.0. The number of hydrogen-bond acceptors (Lipinski definition) is 8. The molecular weight excluding hydrogens is 471 g/mol. The lowest BCUT2D eigenvalue weighted by molar-refractivity contribution is 0.324. The second-order valence-electron chi connectivity index (χ2n) is 7.37. The van der Waals surface area contributed by atoms with Crippen molar-refractivity contribution in [3.63, 3.8) is 0 Å². The highest BCUT2D eigenvalue weighted by Gasteiger charge is 2.22. The summed E-state index contributed by atoms with van der Waals surface area (Å²) in [5, 5.41) is 9.22. The number of hydrogen-bond donors (Lipinski definition) is 0. The van der Waals surface area contributed by atoms with Crippen molar-refractivity contribution in [2.24, 2.45) is 0 Å². The van der Waals surface area contributed by atoms with Crippen molar-refractivity contribution < 1.29 is 23.0 Å². The maximum absolute atomic E-state index is 15.0. The average Bonchev–Trinajstić information content (AvgIpc) is 3.50. The van der Waals surface area contributed by atoms with Gasteiger partial charge in [0.05, 0.1) is 32.8 Å². The third-order valence-corrected chi connectivity index (χ3v) is 6.23. The Morgan fingerprint density at radius 1 is 0.914 bits per heavy atom. The van der Waals surface area contributed by atoms with Gasteiger partial charge in [0.2, 0.25) is 11.6 Å².